The van der Waals surface area contributed by atoms with Gasteiger partial charge in [0, 0.05) is 6.07 Å². The van der Waals surface area contributed by atoms with Crippen LogP contribution >= 0.6 is 12.2 Å². The lowest BCUT2D eigenvalue weighted by molar-refractivity contribution is -0.385. The van der Waals surface area contributed by atoms with Crippen LogP contribution in [0.25, 0.3) is 6.08 Å². The van der Waals surface area contributed by atoms with E-state index >= 15 is 0 Å². The summed E-state index contributed by atoms with van der Waals surface area (Å²) >= 11 is 4.78. The van der Waals surface area contributed by atoms with Crippen LogP contribution in [0, 0.1) is 10.1 Å². The van der Waals surface area contributed by atoms with Crippen molar-refractivity contribution in [2.75, 3.05) is 7.11 Å². The van der Waals surface area contributed by atoms with Crippen molar-refractivity contribution < 1.29 is 14.5 Å². The minimum atomic E-state index is -0.548. The topological polar surface area (TPSA) is 93.5 Å². The number of nitro benzene ring substituents is 1. The highest BCUT2D eigenvalue weighted by Crippen LogP contribution is 2.28. The second-order valence-corrected chi connectivity index (χ2v) is 4.06. The predicted octanol–water partition coefficient (Wildman–Crippen LogP) is 0.949. The molecule has 19 heavy (non-hydrogen) atoms. The monoisotopic (exact) mass is 279 g/mol. The molecule has 0 spiro atoms. The number of rotatable bonds is 3. The first-order chi connectivity index (χ1) is 9.01. The summed E-state index contributed by atoms with van der Waals surface area (Å²) in [5.41, 5.74) is 0.567. The third-order valence-electron chi connectivity index (χ3n) is 2.43. The summed E-state index contributed by atoms with van der Waals surface area (Å²) < 4.78 is 4.89. The maximum absolute atomic E-state index is 11.4. The number of carbonyl (C=O) groups is 1. The highest BCUT2D eigenvalue weighted by atomic mass is 32.1. The van der Waals surface area contributed by atoms with Crippen molar-refractivity contribution in [3.63, 3.8) is 0 Å². The highest BCUT2D eigenvalue weighted by Gasteiger charge is 2.21. The Morgan fingerprint density at radius 1 is 1.42 bits per heavy atom. The summed E-state index contributed by atoms with van der Waals surface area (Å²) in [5.74, 6) is -0.213. The van der Waals surface area contributed by atoms with Gasteiger partial charge in [0.2, 0.25) is 0 Å². The molecule has 98 valence electrons. The maximum atomic E-state index is 11.4. The van der Waals surface area contributed by atoms with Gasteiger partial charge >= 0.3 is 5.69 Å². The third kappa shape index (κ3) is 2.68. The van der Waals surface area contributed by atoms with Gasteiger partial charge in [-0.1, -0.05) is 6.07 Å². The SMILES string of the molecule is COc1ccc(C=C2NC(=S)NC2=O)cc1[N+](=O)[O-]. The average molecular weight is 279 g/mol. The summed E-state index contributed by atoms with van der Waals surface area (Å²) in [6.45, 7) is 0. The van der Waals surface area contributed by atoms with Crippen molar-refractivity contribution in [1.82, 2.24) is 10.6 Å². The lowest BCUT2D eigenvalue weighted by atomic mass is 10.1. The van der Waals surface area contributed by atoms with E-state index in [9.17, 15) is 14.9 Å². The molecule has 0 aromatic heterocycles. The second kappa shape index (κ2) is 5.02. The number of carbonyl (C=O) groups excluding carboxylic acids is 1. The van der Waals surface area contributed by atoms with Gasteiger partial charge in [-0.3, -0.25) is 20.2 Å². The molecule has 1 amide bonds. The number of amides is 1. The number of nitro groups is 1. The number of hydrogen-bond acceptors (Lipinski definition) is 5. The van der Waals surface area contributed by atoms with Crippen molar-refractivity contribution in [2.24, 2.45) is 0 Å². The third-order valence-corrected chi connectivity index (χ3v) is 2.63. The van der Waals surface area contributed by atoms with Gasteiger partial charge < -0.3 is 10.1 Å². The van der Waals surface area contributed by atoms with Crippen LogP contribution < -0.4 is 15.4 Å². The van der Waals surface area contributed by atoms with Gasteiger partial charge in [-0.15, -0.1) is 0 Å². The van der Waals surface area contributed by atoms with Gasteiger partial charge in [0.1, 0.15) is 5.70 Å². The molecule has 1 fully saturated rings. The van der Waals surface area contributed by atoms with Crippen LogP contribution in [0.2, 0.25) is 0 Å². The average Bonchev–Trinajstić information content (AvgIpc) is 2.67. The summed E-state index contributed by atoms with van der Waals surface area (Å²) in [7, 11) is 1.35. The van der Waals surface area contributed by atoms with Crippen LogP contribution in [0.5, 0.6) is 5.75 Å². The zero-order valence-electron chi connectivity index (χ0n) is 9.80. The second-order valence-electron chi connectivity index (χ2n) is 3.65. The first-order valence-electron chi connectivity index (χ1n) is 5.17. The molecule has 0 bridgehead atoms. The molecule has 2 rings (SSSR count). The van der Waals surface area contributed by atoms with Gasteiger partial charge in [-0.25, -0.2) is 0 Å². The van der Waals surface area contributed by atoms with Crippen LogP contribution in [0.3, 0.4) is 0 Å². The smallest absolute Gasteiger partial charge is 0.311 e. The van der Waals surface area contributed by atoms with E-state index in [1.165, 1.54) is 25.3 Å². The summed E-state index contributed by atoms with van der Waals surface area (Å²) in [4.78, 5) is 21.8. The summed E-state index contributed by atoms with van der Waals surface area (Å²) in [5, 5.41) is 16.1. The highest BCUT2D eigenvalue weighted by molar-refractivity contribution is 7.80. The van der Waals surface area contributed by atoms with Crippen LogP contribution in [0.4, 0.5) is 5.69 Å². The largest absolute Gasteiger partial charge is 0.490 e. The Labute approximate surface area is 113 Å². The van der Waals surface area contributed by atoms with Crippen molar-refractivity contribution in [1.29, 1.82) is 0 Å². The zero-order valence-corrected chi connectivity index (χ0v) is 10.6. The van der Waals surface area contributed by atoms with E-state index in [4.69, 9.17) is 17.0 Å². The first kappa shape index (κ1) is 13.0. The molecule has 8 heteroatoms. The molecule has 1 aliphatic heterocycles. The van der Waals surface area contributed by atoms with Crippen molar-refractivity contribution in [3.05, 3.63) is 39.6 Å². The lowest BCUT2D eigenvalue weighted by Crippen LogP contribution is -2.21. The summed E-state index contributed by atoms with van der Waals surface area (Å²) in [6.07, 6.45) is 1.47. The van der Waals surface area contributed by atoms with Gasteiger partial charge in [0.15, 0.2) is 10.9 Å². The minimum Gasteiger partial charge on any atom is -0.490 e. The van der Waals surface area contributed by atoms with E-state index in [1.54, 1.807) is 6.07 Å². The molecule has 0 saturated carbocycles. The Morgan fingerprint density at radius 3 is 2.68 bits per heavy atom. The molecule has 7 nitrogen and oxygen atoms in total. The Bertz CT molecular complexity index is 612. The molecule has 0 unspecified atom stereocenters. The fourth-order valence-corrected chi connectivity index (χ4v) is 1.79. The van der Waals surface area contributed by atoms with Gasteiger partial charge in [-0.05, 0) is 29.9 Å². The predicted molar refractivity (Wildman–Crippen MR) is 71.5 cm³/mol. The molecule has 1 aromatic rings. The fourth-order valence-electron chi connectivity index (χ4n) is 1.59. The number of benzene rings is 1. The normalized spacial score (nSPS) is 16.2. The molecular weight excluding hydrogens is 270 g/mol. The quantitative estimate of drug-likeness (QED) is 0.370. The fraction of sp³-hybridized carbons (Fsp3) is 0.0909. The number of ether oxygens (including phenoxy) is 1. The minimum absolute atomic E-state index is 0.159. The van der Waals surface area contributed by atoms with Crippen LogP contribution in [-0.2, 0) is 4.79 Å². The van der Waals surface area contributed by atoms with Gasteiger partial charge in [0.05, 0.1) is 12.0 Å². The molecule has 1 saturated heterocycles. The van der Waals surface area contributed by atoms with Crippen molar-refractivity contribution in [3.8, 4) is 5.75 Å². The number of nitrogens with one attached hydrogen (secondary N) is 2. The van der Waals surface area contributed by atoms with Crippen molar-refractivity contribution >= 4 is 35.0 Å². The van der Waals surface area contributed by atoms with Gasteiger partial charge in [-0.2, -0.15) is 0 Å². The standard InChI is InChI=1S/C11H9N3O4S/c1-18-9-3-2-6(5-8(9)14(16)17)4-7-10(15)13-11(19)12-7/h2-5H,1H3,(H2,12,13,15,19). The molecule has 1 aromatic carbocycles. The Hall–Kier alpha value is -2.48. The lowest BCUT2D eigenvalue weighted by Gasteiger charge is -2.02. The summed E-state index contributed by atoms with van der Waals surface area (Å²) in [6, 6.07) is 4.40. The van der Waals surface area contributed by atoms with E-state index in [1.807, 2.05) is 0 Å². The molecule has 0 radical (unpaired) electrons. The molecule has 0 aliphatic carbocycles. The first-order valence-corrected chi connectivity index (χ1v) is 5.58. The van der Waals surface area contributed by atoms with Gasteiger partial charge in [0.25, 0.3) is 5.91 Å². The van der Waals surface area contributed by atoms with E-state index in [-0.39, 0.29) is 28.2 Å². The number of nitrogens with zero attached hydrogens (tertiary/aromatic N) is 1. The van der Waals surface area contributed by atoms with Crippen molar-refractivity contribution in [2.45, 2.75) is 0 Å². The number of thiocarbonyl (C=S) groups is 1. The van der Waals surface area contributed by atoms with E-state index in [0.29, 0.717) is 5.56 Å². The van der Waals surface area contributed by atoms with E-state index in [2.05, 4.69) is 10.6 Å². The number of hydrogen-bond donors (Lipinski definition) is 2. The Balaban J connectivity index is 2.39. The van der Waals surface area contributed by atoms with Crippen LogP contribution in [-0.4, -0.2) is 23.1 Å². The molecule has 2 N–H and O–H groups in total. The Kier molecular flexibility index (Phi) is 3.43. The van der Waals surface area contributed by atoms with E-state index in [0.717, 1.165) is 0 Å². The Morgan fingerprint density at radius 2 is 2.16 bits per heavy atom. The van der Waals surface area contributed by atoms with Crippen LogP contribution in [0.1, 0.15) is 5.56 Å². The van der Waals surface area contributed by atoms with Crippen LogP contribution in [0.15, 0.2) is 23.9 Å². The van der Waals surface area contributed by atoms with E-state index < -0.39 is 4.92 Å². The molecule has 0 atom stereocenters. The number of methoxy groups -OCH3 is 1. The zero-order chi connectivity index (χ0) is 14.0. The molecular formula is C11H9N3O4S. The molecule has 1 heterocycles. The molecule has 1 aliphatic rings. The maximum Gasteiger partial charge on any atom is 0.311 e.